The molecule has 2 N–H and O–H groups in total. The minimum atomic E-state index is -0.560. The molecule has 1 unspecified atom stereocenters. The summed E-state index contributed by atoms with van der Waals surface area (Å²) < 4.78 is 20.1. The van der Waals surface area contributed by atoms with Crippen LogP contribution >= 0.6 is 11.8 Å². The number of nitrogens with one attached hydrogen (secondary N) is 2. The number of benzene rings is 3. The van der Waals surface area contributed by atoms with E-state index in [0.717, 1.165) is 16.8 Å². The highest BCUT2D eigenvalue weighted by Gasteiger charge is 2.42. The molecule has 0 bridgehead atoms. The third-order valence-corrected chi connectivity index (χ3v) is 8.41. The van der Waals surface area contributed by atoms with Crippen LogP contribution in [0.4, 0.5) is 10.2 Å². The van der Waals surface area contributed by atoms with E-state index in [1.54, 1.807) is 18.2 Å². The van der Waals surface area contributed by atoms with Gasteiger partial charge in [0.25, 0.3) is 5.56 Å². The number of hydrogen-bond acceptors (Lipinski definition) is 6. The number of thioether (sulfide) groups is 1. The zero-order valence-electron chi connectivity index (χ0n) is 22.9. The highest BCUT2D eigenvalue weighted by Crippen LogP contribution is 2.48. The van der Waals surface area contributed by atoms with E-state index in [1.165, 1.54) is 17.8 Å². The van der Waals surface area contributed by atoms with Gasteiger partial charge in [-0.3, -0.25) is 9.59 Å². The van der Waals surface area contributed by atoms with E-state index < -0.39 is 5.92 Å². The first-order valence-electron chi connectivity index (χ1n) is 13.6. The van der Waals surface area contributed by atoms with Gasteiger partial charge in [-0.1, -0.05) is 86.3 Å². The molecule has 0 saturated heterocycles. The van der Waals surface area contributed by atoms with E-state index in [-0.39, 0.29) is 22.6 Å². The van der Waals surface area contributed by atoms with E-state index in [4.69, 9.17) is 9.72 Å². The first kappa shape index (κ1) is 27.0. The number of ether oxygens (including phenoxy) is 1. The summed E-state index contributed by atoms with van der Waals surface area (Å²) in [5, 5.41) is 3.73. The van der Waals surface area contributed by atoms with E-state index in [9.17, 15) is 14.0 Å². The average molecular weight is 568 g/mol. The number of Topliss-reactive ketones (excluding diaryl/α,β-unsaturated/α-hetero) is 1. The summed E-state index contributed by atoms with van der Waals surface area (Å²) in [6.45, 7) is 4.58. The predicted molar refractivity (Wildman–Crippen MR) is 159 cm³/mol. The van der Waals surface area contributed by atoms with Crippen LogP contribution in [0.1, 0.15) is 54.9 Å². The number of ketones is 1. The lowest BCUT2D eigenvalue weighted by molar-refractivity contribution is -0.118. The molecule has 3 aromatic carbocycles. The molecule has 6 rings (SSSR count). The summed E-state index contributed by atoms with van der Waals surface area (Å²) in [5.41, 5.74) is 3.70. The molecule has 8 heteroatoms. The van der Waals surface area contributed by atoms with Gasteiger partial charge in [-0.25, -0.2) is 9.37 Å². The van der Waals surface area contributed by atoms with E-state index in [1.807, 2.05) is 54.6 Å². The fourth-order valence-electron chi connectivity index (χ4n) is 5.55. The zero-order chi connectivity index (χ0) is 28.6. The Labute approximate surface area is 242 Å². The number of allylic oxidation sites excluding steroid dienone is 2. The van der Waals surface area contributed by atoms with Crippen molar-refractivity contribution < 1.29 is 13.9 Å². The molecule has 0 radical (unpaired) electrons. The maximum atomic E-state index is 14.2. The molecule has 1 aromatic heterocycles. The minimum Gasteiger partial charge on any atom is -0.489 e. The van der Waals surface area contributed by atoms with Crippen LogP contribution in [0.3, 0.4) is 0 Å². The fraction of sp³-hybridized carbons (Fsp3) is 0.242. The van der Waals surface area contributed by atoms with Crippen LogP contribution in [0, 0.1) is 11.2 Å². The van der Waals surface area contributed by atoms with Crippen molar-refractivity contribution in [3.05, 3.63) is 129 Å². The molecule has 6 nitrogen and oxygen atoms in total. The molecule has 0 saturated carbocycles. The van der Waals surface area contributed by atoms with E-state index >= 15 is 0 Å². The number of hydrogen-bond donors (Lipinski definition) is 2. The van der Waals surface area contributed by atoms with Crippen LogP contribution in [-0.4, -0.2) is 15.8 Å². The molecule has 2 heterocycles. The molecule has 1 atom stereocenters. The number of anilines is 1. The van der Waals surface area contributed by atoms with Crippen LogP contribution in [0.15, 0.2) is 100 Å². The Bertz CT molecular complexity index is 1700. The summed E-state index contributed by atoms with van der Waals surface area (Å²) in [7, 11) is 0. The monoisotopic (exact) mass is 567 g/mol. The van der Waals surface area contributed by atoms with Crippen molar-refractivity contribution in [3.8, 4) is 5.75 Å². The lowest BCUT2D eigenvalue weighted by Gasteiger charge is -2.38. The van der Waals surface area contributed by atoms with Crippen LogP contribution in [-0.2, 0) is 17.2 Å². The molecule has 4 aromatic rings. The number of halogens is 1. The molecule has 0 fully saturated rings. The molecule has 0 spiro atoms. The second-order valence-corrected chi connectivity index (χ2v) is 12.2. The van der Waals surface area contributed by atoms with Crippen LogP contribution in [0.25, 0.3) is 0 Å². The van der Waals surface area contributed by atoms with Gasteiger partial charge in [0.1, 0.15) is 24.0 Å². The number of carbonyl (C=O) groups is 1. The largest absolute Gasteiger partial charge is 0.489 e. The van der Waals surface area contributed by atoms with Crippen molar-refractivity contribution in [1.29, 1.82) is 0 Å². The molecule has 208 valence electrons. The maximum Gasteiger partial charge on any atom is 0.257 e. The summed E-state index contributed by atoms with van der Waals surface area (Å²) in [4.78, 5) is 34.8. The standard InChI is InChI=1S/C33H30FN3O3S/c1-33(2)16-25-28(26(38)17-33)27(21-12-14-23(15-13-21)40-18-20-8-4-3-5-9-20)29-30(35-25)36-32(37-31(29)39)41-19-22-10-6-7-11-24(22)34/h3-15,27H,16-19H2,1-2H3,(H2,35,36,37,39). The summed E-state index contributed by atoms with van der Waals surface area (Å²) in [5.74, 6) is 0.623. The first-order chi connectivity index (χ1) is 19.8. The molecule has 1 aliphatic carbocycles. The fourth-order valence-corrected chi connectivity index (χ4v) is 6.40. The quantitative estimate of drug-likeness (QED) is 0.185. The third kappa shape index (κ3) is 5.70. The summed E-state index contributed by atoms with van der Waals surface area (Å²) in [6, 6.07) is 24.1. The molecular weight excluding hydrogens is 537 g/mol. The average Bonchev–Trinajstić information content (AvgIpc) is 2.95. The third-order valence-electron chi connectivity index (χ3n) is 7.48. The SMILES string of the molecule is CC1(C)CC(=O)C2=C(C1)Nc1nc(SCc3ccccc3F)[nH]c(=O)c1C2c1ccc(OCc2ccccc2)cc1. The second-order valence-electron chi connectivity index (χ2n) is 11.2. The van der Waals surface area contributed by atoms with Gasteiger partial charge in [0.2, 0.25) is 0 Å². The van der Waals surface area contributed by atoms with E-state index in [2.05, 4.69) is 24.1 Å². The number of rotatable bonds is 7. The topological polar surface area (TPSA) is 84.1 Å². The number of aromatic nitrogens is 2. The Morgan fingerprint density at radius 3 is 2.46 bits per heavy atom. The first-order valence-corrected chi connectivity index (χ1v) is 14.6. The minimum absolute atomic E-state index is 0.0289. The molecule has 1 aliphatic heterocycles. The number of aromatic amines is 1. The smallest absolute Gasteiger partial charge is 0.257 e. The van der Waals surface area contributed by atoms with Gasteiger partial charge in [-0.15, -0.1) is 0 Å². The number of H-pyrrole nitrogens is 1. The Morgan fingerprint density at radius 2 is 1.71 bits per heavy atom. The van der Waals surface area contributed by atoms with Crippen molar-refractivity contribution in [3.63, 3.8) is 0 Å². The lowest BCUT2D eigenvalue weighted by Crippen LogP contribution is -2.37. The zero-order valence-corrected chi connectivity index (χ0v) is 23.7. The van der Waals surface area contributed by atoms with Gasteiger partial charge in [0.15, 0.2) is 10.9 Å². The second kappa shape index (κ2) is 11.0. The highest BCUT2D eigenvalue weighted by molar-refractivity contribution is 7.98. The van der Waals surface area contributed by atoms with Gasteiger partial charge < -0.3 is 15.0 Å². The van der Waals surface area contributed by atoms with Gasteiger partial charge in [-0.05, 0) is 46.7 Å². The Morgan fingerprint density at radius 1 is 0.976 bits per heavy atom. The maximum absolute atomic E-state index is 14.2. The van der Waals surface area contributed by atoms with Gasteiger partial charge in [-0.2, -0.15) is 0 Å². The Kier molecular flexibility index (Phi) is 7.26. The lowest BCUT2D eigenvalue weighted by atomic mass is 9.69. The normalized spacial score (nSPS) is 17.4. The summed E-state index contributed by atoms with van der Waals surface area (Å²) in [6.07, 6.45) is 1.06. The Balaban J connectivity index is 1.34. The van der Waals surface area contributed by atoms with Crippen molar-refractivity contribution in [2.45, 2.75) is 50.1 Å². The van der Waals surface area contributed by atoms with Crippen molar-refractivity contribution in [2.24, 2.45) is 5.41 Å². The summed E-state index contributed by atoms with van der Waals surface area (Å²) >= 11 is 1.26. The molecule has 41 heavy (non-hydrogen) atoms. The number of carbonyl (C=O) groups excluding carboxylic acids is 1. The highest BCUT2D eigenvalue weighted by atomic mass is 32.2. The Hall–Kier alpha value is -4.17. The van der Waals surface area contributed by atoms with Gasteiger partial charge in [0, 0.05) is 29.4 Å². The number of fused-ring (bicyclic) bond motifs is 1. The molecular formula is C33H30FN3O3S. The number of nitrogens with zero attached hydrogens (tertiary/aromatic N) is 1. The van der Waals surface area contributed by atoms with Gasteiger partial charge in [0.05, 0.1) is 5.56 Å². The van der Waals surface area contributed by atoms with E-state index in [0.29, 0.717) is 58.6 Å². The van der Waals surface area contributed by atoms with Gasteiger partial charge >= 0.3 is 0 Å². The van der Waals surface area contributed by atoms with Crippen LogP contribution in [0.2, 0.25) is 0 Å². The van der Waals surface area contributed by atoms with Crippen molar-refractivity contribution in [1.82, 2.24) is 9.97 Å². The molecule has 2 aliphatic rings. The van der Waals surface area contributed by atoms with Crippen LogP contribution < -0.4 is 15.6 Å². The van der Waals surface area contributed by atoms with Crippen molar-refractivity contribution in [2.75, 3.05) is 5.32 Å². The predicted octanol–water partition coefficient (Wildman–Crippen LogP) is 6.98. The molecule has 0 amide bonds. The van der Waals surface area contributed by atoms with Crippen LogP contribution in [0.5, 0.6) is 5.75 Å². The van der Waals surface area contributed by atoms with Crippen molar-refractivity contribution >= 4 is 23.4 Å².